The summed E-state index contributed by atoms with van der Waals surface area (Å²) in [7, 11) is 0. The maximum absolute atomic E-state index is 13.4. The molecule has 0 radical (unpaired) electrons. The van der Waals surface area contributed by atoms with E-state index in [1.165, 1.54) is 23.6 Å². The highest BCUT2D eigenvalue weighted by Crippen LogP contribution is 2.33. The number of benzene rings is 2. The van der Waals surface area contributed by atoms with Gasteiger partial charge in [-0.05, 0) is 98.7 Å². The van der Waals surface area contributed by atoms with E-state index in [-0.39, 0.29) is 23.7 Å². The zero-order valence-corrected chi connectivity index (χ0v) is 28.2. The van der Waals surface area contributed by atoms with Gasteiger partial charge in [0.25, 0.3) is 0 Å². The molecule has 2 aromatic carbocycles. The van der Waals surface area contributed by atoms with Gasteiger partial charge in [-0.1, -0.05) is 59.6 Å². The molecule has 1 heterocycles. The predicted molar refractivity (Wildman–Crippen MR) is 178 cm³/mol. The van der Waals surface area contributed by atoms with Crippen LogP contribution in [0.25, 0.3) is 0 Å². The van der Waals surface area contributed by atoms with Gasteiger partial charge in [0.2, 0.25) is 11.8 Å². The van der Waals surface area contributed by atoms with Crippen molar-refractivity contribution >= 4 is 17.5 Å². The van der Waals surface area contributed by atoms with E-state index in [0.29, 0.717) is 23.8 Å². The SMILES string of the molecule is CCC(CC(C)CCN(CC)C(C)=O)c1ccc2c(c1)CCO2.CCCC(CCC)N(C(=O)CC)c1ccc(F)c(C)c1. The molecule has 6 heteroatoms. The first-order valence-corrected chi connectivity index (χ1v) is 16.7. The molecule has 2 amide bonds. The van der Waals surface area contributed by atoms with Gasteiger partial charge in [-0.15, -0.1) is 0 Å². The van der Waals surface area contributed by atoms with Crippen molar-refractivity contribution in [3.8, 4) is 5.75 Å². The number of hydrogen-bond donors (Lipinski definition) is 0. The normalized spacial score (nSPS) is 13.4. The van der Waals surface area contributed by atoms with Crippen molar-refractivity contribution in [3.05, 3.63) is 58.9 Å². The van der Waals surface area contributed by atoms with Gasteiger partial charge in [0, 0.05) is 44.6 Å². The molecule has 240 valence electrons. The fraction of sp³-hybridized carbons (Fsp3) is 0.622. The second-order valence-electron chi connectivity index (χ2n) is 12.1. The Bertz CT molecular complexity index is 1140. The summed E-state index contributed by atoms with van der Waals surface area (Å²) in [6.45, 7) is 18.7. The third-order valence-corrected chi connectivity index (χ3v) is 8.68. The van der Waals surface area contributed by atoms with E-state index >= 15 is 0 Å². The lowest BCUT2D eigenvalue weighted by molar-refractivity contribution is -0.128. The van der Waals surface area contributed by atoms with Crippen LogP contribution in [0, 0.1) is 18.7 Å². The van der Waals surface area contributed by atoms with Crippen LogP contribution < -0.4 is 9.64 Å². The van der Waals surface area contributed by atoms with Crippen LogP contribution in [0.2, 0.25) is 0 Å². The Labute approximate surface area is 261 Å². The molecule has 2 unspecified atom stereocenters. The van der Waals surface area contributed by atoms with E-state index in [1.54, 1.807) is 26.0 Å². The van der Waals surface area contributed by atoms with Crippen molar-refractivity contribution < 1.29 is 18.7 Å². The molecule has 0 saturated carbocycles. The van der Waals surface area contributed by atoms with Crippen molar-refractivity contribution in [1.82, 2.24) is 4.90 Å². The Hall–Kier alpha value is -2.89. The largest absolute Gasteiger partial charge is 0.493 e. The number of hydrogen-bond acceptors (Lipinski definition) is 3. The molecular weight excluding hydrogens is 539 g/mol. The van der Waals surface area contributed by atoms with Crippen LogP contribution in [0.5, 0.6) is 5.75 Å². The standard InChI is InChI=1S/C20H31NO2.C17H26FNO/c1-5-17(13-15(3)9-11-21(6-2)16(4)22)18-7-8-20-19(14-18)10-12-23-20;1-5-8-14(9-6-2)19(17(20)7-3)15-10-11-16(18)13(4)12-15/h7-8,14-15,17H,5-6,9-13H2,1-4H3;10-12,14H,5-9H2,1-4H3. The third-order valence-electron chi connectivity index (χ3n) is 8.68. The number of carbonyl (C=O) groups is 2. The number of amides is 2. The van der Waals surface area contributed by atoms with E-state index in [4.69, 9.17) is 4.74 Å². The molecule has 3 rings (SSSR count). The minimum absolute atomic E-state index is 0.114. The van der Waals surface area contributed by atoms with E-state index in [2.05, 4.69) is 45.9 Å². The Kier molecular flexibility index (Phi) is 15.8. The van der Waals surface area contributed by atoms with Crippen molar-refractivity contribution in [2.45, 2.75) is 125 Å². The van der Waals surface area contributed by atoms with Crippen molar-refractivity contribution in [1.29, 1.82) is 0 Å². The molecule has 0 bridgehead atoms. The van der Waals surface area contributed by atoms with Crippen LogP contribution in [-0.2, 0) is 16.0 Å². The van der Waals surface area contributed by atoms with E-state index in [9.17, 15) is 14.0 Å². The van der Waals surface area contributed by atoms with E-state index in [1.807, 2.05) is 23.6 Å². The van der Waals surface area contributed by atoms with Crippen molar-refractivity contribution in [2.24, 2.45) is 5.92 Å². The summed E-state index contributed by atoms with van der Waals surface area (Å²) < 4.78 is 19.0. The van der Waals surface area contributed by atoms with Crippen molar-refractivity contribution in [2.75, 3.05) is 24.6 Å². The molecule has 5 nitrogen and oxygen atoms in total. The van der Waals surface area contributed by atoms with Crippen LogP contribution in [0.15, 0.2) is 36.4 Å². The van der Waals surface area contributed by atoms with Gasteiger partial charge in [-0.2, -0.15) is 0 Å². The number of fused-ring (bicyclic) bond motifs is 1. The predicted octanol–water partition coefficient (Wildman–Crippen LogP) is 9.25. The van der Waals surface area contributed by atoms with E-state index in [0.717, 1.165) is 76.1 Å². The molecule has 1 aliphatic rings. The van der Waals surface area contributed by atoms with Gasteiger partial charge in [0.1, 0.15) is 11.6 Å². The smallest absolute Gasteiger partial charge is 0.226 e. The summed E-state index contributed by atoms with van der Waals surface area (Å²) in [5.41, 5.74) is 4.22. The minimum atomic E-state index is -0.222. The Morgan fingerprint density at radius 3 is 2.23 bits per heavy atom. The first-order chi connectivity index (χ1) is 20.6. The highest BCUT2D eigenvalue weighted by atomic mass is 19.1. The lowest BCUT2D eigenvalue weighted by Gasteiger charge is -2.32. The second kappa shape index (κ2) is 18.7. The van der Waals surface area contributed by atoms with Gasteiger partial charge in [-0.3, -0.25) is 9.59 Å². The molecule has 0 N–H and O–H groups in total. The first kappa shape index (κ1) is 36.3. The first-order valence-electron chi connectivity index (χ1n) is 16.7. The number of nitrogens with zero attached hydrogens (tertiary/aromatic N) is 2. The number of halogens is 1. The summed E-state index contributed by atoms with van der Waals surface area (Å²) in [4.78, 5) is 27.7. The quantitative estimate of drug-likeness (QED) is 0.206. The molecule has 0 aromatic heterocycles. The molecule has 0 aliphatic carbocycles. The maximum Gasteiger partial charge on any atom is 0.226 e. The van der Waals surface area contributed by atoms with Gasteiger partial charge < -0.3 is 14.5 Å². The second-order valence-corrected chi connectivity index (χ2v) is 12.1. The van der Waals surface area contributed by atoms with Gasteiger partial charge in [0.15, 0.2) is 0 Å². The molecule has 0 saturated heterocycles. The summed E-state index contributed by atoms with van der Waals surface area (Å²) in [5.74, 6) is 2.37. The van der Waals surface area contributed by atoms with Crippen LogP contribution in [0.1, 0.15) is 122 Å². The lowest BCUT2D eigenvalue weighted by Crippen LogP contribution is -2.40. The van der Waals surface area contributed by atoms with Crippen LogP contribution in [0.3, 0.4) is 0 Å². The fourth-order valence-electron chi connectivity index (χ4n) is 6.09. The van der Waals surface area contributed by atoms with Gasteiger partial charge in [0.05, 0.1) is 6.61 Å². The summed E-state index contributed by atoms with van der Waals surface area (Å²) in [6, 6.07) is 11.9. The third kappa shape index (κ3) is 11.0. The zero-order chi connectivity index (χ0) is 31.9. The Morgan fingerprint density at radius 1 is 0.977 bits per heavy atom. The summed E-state index contributed by atoms with van der Waals surface area (Å²) in [5, 5.41) is 0. The average molecular weight is 597 g/mol. The van der Waals surface area contributed by atoms with Crippen LogP contribution in [0.4, 0.5) is 10.1 Å². The van der Waals surface area contributed by atoms with E-state index < -0.39 is 0 Å². The molecule has 0 fully saturated rings. The van der Waals surface area contributed by atoms with Crippen LogP contribution in [-0.4, -0.2) is 42.5 Å². The molecule has 2 atom stereocenters. The molecule has 1 aliphatic heterocycles. The lowest BCUT2D eigenvalue weighted by atomic mass is 9.85. The summed E-state index contributed by atoms with van der Waals surface area (Å²) >= 11 is 0. The topological polar surface area (TPSA) is 49.9 Å². The van der Waals surface area contributed by atoms with Crippen molar-refractivity contribution in [3.63, 3.8) is 0 Å². The number of carbonyl (C=O) groups excluding carboxylic acids is 2. The Morgan fingerprint density at radius 2 is 1.67 bits per heavy atom. The minimum Gasteiger partial charge on any atom is -0.493 e. The summed E-state index contributed by atoms with van der Waals surface area (Å²) in [6.07, 6.45) is 8.99. The number of aryl methyl sites for hydroxylation is 1. The number of ether oxygens (including phenoxy) is 1. The highest BCUT2D eigenvalue weighted by Gasteiger charge is 2.23. The maximum atomic E-state index is 13.4. The Balaban J connectivity index is 0.000000304. The highest BCUT2D eigenvalue weighted by molar-refractivity contribution is 5.93. The van der Waals surface area contributed by atoms with Gasteiger partial charge >= 0.3 is 0 Å². The molecule has 43 heavy (non-hydrogen) atoms. The molecular formula is C37H57FN2O3. The fourth-order valence-corrected chi connectivity index (χ4v) is 6.09. The number of rotatable bonds is 15. The van der Waals surface area contributed by atoms with Gasteiger partial charge in [-0.25, -0.2) is 4.39 Å². The molecule has 0 spiro atoms. The zero-order valence-electron chi connectivity index (χ0n) is 28.2. The average Bonchev–Trinajstić information content (AvgIpc) is 3.46. The molecule has 2 aromatic rings. The van der Waals surface area contributed by atoms with Crippen LogP contribution >= 0.6 is 0 Å². The number of anilines is 1. The monoisotopic (exact) mass is 596 g/mol.